The van der Waals surface area contributed by atoms with Crippen LogP contribution in [0.4, 0.5) is 0 Å². The Morgan fingerprint density at radius 2 is 2.12 bits per heavy atom. The van der Waals surface area contributed by atoms with Gasteiger partial charge in [0.05, 0.1) is 6.10 Å². The molecule has 0 saturated carbocycles. The quantitative estimate of drug-likeness (QED) is 0.740. The van der Waals surface area contributed by atoms with E-state index < -0.39 is 0 Å². The van der Waals surface area contributed by atoms with Gasteiger partial charge in [0.15, 0.2) is 0 Å². The summed E-state index contributed by atoms with van der Waals surface area (Å²) in [5.41, 5.74) is 0. The number of likely N-dealkylation sites (tertiary alicyclic amines) is 1. The molecular weight excluding hydrogens is 214 g/mol. The molecule has 0 aromatic heterocycles. The summed E-state index contributed by atoms with van der Waals surface area (Å²) in [6.45, 7) is 8.26. The highest BCUT2D eigenvalue weighted by Crippen LogP contribution is 2.21. The molecule has 0 aliphatic carbocycles. The van der Waals surface area contributed by atoms with Crippen molar-refractivity contribution in [2.45, 2.75) is 59.0 Å². The highest BCUT2D eigenvalue weighted by molar-refractivity contribution is 5.77. The lowest BCUT2D eigenvalue weighted by atomic mass is 9.96. The van der Waals surface area contributed by atoms with Gasteiger partial charge in [-0.2, -0.15) is 0 Å². The standard InChI is InChI=1S/C14H27NO2/c1-4-6-13-7-5-9-15(10-8-13)14(16)11-17-12(2)3/h12-13H,4-11H2,1-3H3. The average molecular weight is 241 g/mol. The van der Waals surface area contributed by atoms with Gasteiger partial charge in [-0.05, 0) is 39.0 Å². The van der Waals surface area contributed by atoms with Crippen LogP contribution in [0.1, 0.15) is 52.9 Å². The summed E-state index contributed by atoms with van der Waals surface area (Å²) < 4.78 is 5.38. The highest BCUT2D eigenvalue weighted by atomic mass is 16.5. The minimum Gasteiger partial charge on any atom is -0.369 e. The van der Waals surface area contributed by atoms with Gasteiger partial charge in [0.1, 0.15) is 6.61 Å². The normalized spacial score (nSPS) is 21.6. The molecule has 1 unspecified atom stereocenters. The second-order valence-corrected chi connectivity index (χ2v) is 5.33. The fourth-order valence-corrected chi connectivity index (χ4v) is 2.44. The molecule has 1 atom stereocenters. The zero-order valence-electron chi connectivity index (χ0n) is 11.6. The molecule has 1 aliphatic rings. The fourth-order valence-electron chi connectivity index (χ4n) is 2.44. The molecule has 1 rings (SSSR count). The summed E-state index contributed by atoms with van der Waals surface area (Å²) in [4.78, 5) is 13.9. The monoisotopic (exact) mass is 241 g/mol. The van der Waals surface area contributed by atoms with Crippen molar-refractivity contribution in [3.8, 4) is 0 Å². The van der Waals surface area contributed by atoms with Crippen LogP contribution in [0.3, 0.4) is 0 Å². The molecular formula is C14H27NO2. The van der Waals surface area contributed by atoms with E-state index >= 15 is 0 Å². The maximum Gasteiger partial charge on any atom is 0.248 e. The molecule has 0 N–H and O–H groups in total. The van der Waals surface area contributed by atoms with Crippen LogP contribution in [0, 0.1) is 5.92 Å². The molecule has 0 spiro atoms. The minimum atomic E-state index is 0.138. The zero-order valence-corrected chi connectivity index (χ0v) is 11.6. The van der Waals surface area contributed by atoms with E-state index in [9.17, 15) is 4.79 Å². The Labute approximate surface area is 106 Å². The van der Waals surface area contributed by atoms with Crippen molar-refractivity contribution in [3.05, 3.63) is 0 Å². The predicted molar refractivity (Wildman–Crippen MR) is 69.9 cm³/mol. The van der Waals surface area contributed by atoms with E-state index in [0.717, 1.165) is 25.4 Å². The third kappa shape index (κ3) is 5.53. The Bertz CT molecular complexity index is 228. The average Bonchev–Trinajstić information content (AvgIpc) is 2.52. The predicted octanol–water partition coefficient (Wildman–Crippen LogP) is 2.84. The van der Waals surface area contributed by atoms with Gasteiger partial charge < -0.3 is 9.64 Å². The van der Waals surface area contributed by atoms with Gasteiger partial charge in [0, 0.05) is 13.1 Å². The third-order valence-corrected chi connectivity index (χ3v) is 3.44. The van der Waals surface area contributed by atoms with Crippen LogP contribution in [0.5, 0.6) is 0 Å². The molecule has 3 heteroatoms. The van der Waals surface area contributed by atoms with Crippen LogP contribution in [-0.2, 0) is 9.53 Å². The number of ether oxygens (including phenoxy) is 1. The number of hydrogen-bond donors (Lipinski definition) is 0. The lowest BCUT2D eigenvalue weighted by Gasteiger charge is -2.21. The molecule has 100 valence electrons. The topological polar surface area (TPSA) is 29.5 Å². The summed E-state index contributed by atoms with van der Waals surface area (Å²) in [6, 6.07) is 0. The van der Waals surface area contributed by atoms with Gasteiger partial charge in [-0.25, -0.2) is 0 Å². The first kappa shape index (κ1) is 14.5. The van der Waals surface area contributed by atoms with Gasteiger partial charge in [-0.3, -0.25) is 4.79 Å². The highest BCUT2D eigenvalue weighted by Gasteiger charge is 2.20. The van der Waals surface area contributed by atoms with Gasteiger partial charge in [-0.1, -0.05) is 19.8 Å². The van der Waals surface area contributed by atoms with Crippen LogP contribution in [0.15, 0.2) is 0 Å². The molecule has 1 aliphatic heterocycles. The molecule has 1 amide bonds. The third-order valence-electron chi connectivity index (χ3n) is 3.44. The number of amides is 1. The molecule has 3 nitrogen and oxygen atoms in total. The van der Waals surface area contributed by atoms with Crippen molar-refractivity contribution < 1.29 is 9.53 Å². The van der Waals surface area contributed by atoms with Gasteiger partial charge in [-0.15, -0.1) is 0 Å². The fraction of sp³-hybridized carbons (Fsp3) is 0.929. The lowest BCUT2D eigenvalue weighted by Crippen LogP contribution is -2.35. The van der Waals surface area contributed by atoms with E-state index in [2.05, 4.69) is 6.92 Å². The number of nitrogens with zero attached hydrogens (tertiary/aromatic N) is 1. The second-order valence-electron chi connectivity index (χ2n) is 5.33. The Morgan fingerprint density at radius 3 is 2.76 bits per heavy atom. The largest absolute Gasteiger partial charge is 0.369 e. The van der Waals surface area contributed by atoms with Crippen LogP contribution in [-0.4, -0.2) is 36.6 Å². The summed E-state index contributed by atoms with van der Waals surface area (Å²) in [5, 5.41) is 0. The SMILES string of the molecule is CCCC1CCCN(C(=O)COC(C)C)CC1. The van der Waals surface area contributed by atoms with Crippen molar-refractivity contribution in [1.29, 1.82) is 0 Å². The van der Waals surface area contributed by atoms with Crippen LogP contribution in [0.25, 0.3) is 0 Å². The molecule has 1 heterocycles. The van der Waals surface area contributed by atoms with Crippen molar-refractivity contribution >= 4 is 5.91 Å². The van der Waals surface area contributed by atoms with Crippen molar-refractivity contribution in [1.82, 2.24) is 4.90 Å². The first-order chi connectivity index (χ1) is 8.13. The summed E-state index contributed by atoms with van der Waals surface area (Å²) in [7, 11) is 0. The molecule has 0 aromatic carbocycles. The summed E-state index contributed by atoms with van der Waals surface area (Å²) in [6.07, 6.45) is 6.31. The van der Waals surface area contributed by atoms with Crippen molar-refractivity contribution in [2.24, 2.45) is 5.92 Å². The lowest BCUT2D eigenvalue weighted by molar-refractivity contribution is -0.137. The second kappa shape index (κ2) is 7.70. The smallest absolute Gasteiger partial charge is 0.248 e. The molecule has 1 saturated heterocycles. The molecule has 17 heavy (non-hydrogen) atoms. The first-order valence-electron chi connectivity index (χ1n) is 7.02. The van der Waals surface area contributed by atoms with Crippen molar-refractivity contribution in [2.75, 3.05) is 19.7 Å². The molecule has 0 aromatic rings. The zero-order chi connectivity index (χ0) is 12.7. The maximum atomic E-state index is 11.9. The van der Waals surface area contributed by atoms with Crippen LogP contribution < -0.4 is 0 Å². The first-order valence-corrected chi connectivity index (χ1v) is 7.02. The number of carbonyl (C=O) groups excluding carboxylic acids is 1. The molecule has 0 bridgehead atoms. The Hall–Kier alpha value is -0.570. The minimum absolute atomic E-state index is 0.138. The Balaban J connectivity index is 2.32. The van der Waals surface area contributed by atoms with Gasteiger partial charge >= 0.3 is 0 Å². The van der Waals surface area contributed by atoms with E-state index in [4.69, 9.17) is 4.74 Å². The van der Waals surface area contributed by atoms with Crippen LogP contribution in [0.2, 0.25) is 0 Å². The number of hydrogen-bond acceptors (Lipinski definition) is 2. The Morgan fingerprint density at radius 1 is 1.35 bits per heavy atom. The summed E-state index contributed by atoms with van der Waals surface area (Å²) in [5.74, 6) is 0.986. The molecule has 0 radical (unpaired) electrons. The Kier molecular flexibility index (Phi) is 6.56. The van der Waals surface area contributed by atoms with E-state index in [1.807, 2.05) is 18.7 Å². The number of rotatable bonds is 5. The van der Waals surface area contributed by atoms with Crippen molar-refractivity contribution in [3.63, 3.8) is 0 Å². The van der Waals surface area contributed by atoms with E-state index in [1.54, 1.807) is 0 Å². The van der Waals surface area contributed by atoms with E-state index in [1.165, 1.54) is 25.7 Å². The number of carbonyl (C=O) groups is 1. The van der Waals surface area contributed by atoms with Gasteiger partial charge in [0.25, 0.3) is 0 Å². The van der Waals surface area contributed by atoms with E-state index in [0.29, 0.717) is 0 Å². The van der Waals surface area contributed by atoms with E-state index in [-0.39, 0.29) is 18.6 Å². The molecule has 1 fully saturated rings. The van der Waals surface area contributed by atoms with Crippen LogP contribution >= 0.6 is 0 Å². The maximum absolute atomic E-state index is 11.9. The van der Waals surface area contributed by atoms with Gasteiger partial charge in [0.2, 0.25) is 5.91 Å². The summed E-state index contributed by atoms with van der Waals surface area (Å²) >= 11 is 0.